The van der Waals surface area contributed by atoms with Gasteiger partial charge < -0.3 is 19.7 Å². The molecule has 4 nitrogen and oxygen atoms in total. The van der Waals surface area contributed by atoms with Crippen molar-refractivity contribution in [2.45, 2.75) is 25.3 Å². The standard InChI is InChI=1S/C17H28N2O2/c1-19(2)9-11-21-10-8-18-16-6-4-14-5-7-17(20-3)13-15(14)12-16/h5,7,13,16,18H,4,6,8-12H2,1-3H3. The van der Waals surface area contributed by atoms with Crippen molar-refractivity contribution in [1.29, 1.82) is 0 Å². The van der Waals surface area contributed by atoms with Crippen LogP contribution in [-0.4, -0.2) is 58.5 Å². The van der Waals surface area contributed by atoms with Gasteiger partial charge in [-0.1, -0.05) is 6.07 Å². The van der Waals surface area contributed by atoms with Crippen molar-refractivity contribution in [3.63, 3.8) is 0 Å². The van der Waals surface area contributed by atoms with Crippen LogP contribution in [0.5, 0.6) is 5.75 Å². The van der Waals surface area contributed by atoms with E-state index in [4.69, 9.17) is 9.47 Å². The van der Waals surface area contributed by atoms with E-state index in [1.807, 2.05) is 0 Å². The highest BCUT2D eigenvalue weighted by Crippen LogP contribution is 2.25. The SMILES string of the molecule is COc1ccc2c(c1)CC(NCCOCCN(C)C)CC2. The molecule has 1 aliphatic rings. The number of ether oxygens (including phenoxy) is 2. The third-order valence-corrected chi connectivity index (χ3v) is 4.00. The molecule has 0 aliphatic heterocycles. The average Bonchev–Trinajstić information content (AvgIpc) is 2.49. The number of aryl methyl sites for hydroxylation is 1. The van der Waals surface area contributed by atoms with E-state index in [-0.39, 0.29) is 0 Å². The second-order valence-electron chi connectivity index (χ2n) is 5.94. The van der Waals surface area contributed by atoms with Gasteiger partial charge in [0.05, 0.1) is 20.3 Å². The maximum absolute atomic E-state index is 5.62. The Hall–Kier alpha value is -1.10. The van der Waals surface area contributed by atoms with Crippen molar-refractivity contribution in [1.82, 2.24) is 10.2 Å². The zero-order valence-corrected chi connectivity index (χ0v) is 13.5. The van der Waals surface area contributed by atoms with Crippen LogP contribution in [0.3, 0.4) is 0 Å². The molecular formula is C17H28N2O2. The first kappa shape index (κ1) is 16.3. The molecule has 0 fully saturated rings. The molecule has 0 heterocycles. The molecule has 21 heavy (non-hydrogen) atoms. The number of fused-ring (bicyclic) bond motifs is 1. The number of hydrogen-bond donors (Lipinski definition) is 1. The van der Waals surface area contributed by atoms with Gasteiger partial charge in [-0.05, 0) is 56.6 Å². The van der Waals surface area contributed by atoms with Gasteiger partial charge in [0.2, 0.25) is 0 Å². The molecule has 1 aromatic rings. The van der Waals surface area contributed by atoms with Gasteiger partial charge in [-0.3, -0.25) is 0 Å². The highest BCUT2D eigenvalue weighted by atomic mass is 16.5. The number of benzene rings is 1. The summed E-state index contributed by atoms with van der Waals surface area (Å²) in [6.07, 6.45) is 3.44. The Labute approximate surface area is 128 Å². The molecule has 0 spiro atoms. The second kappa shape index (κ2) is 8.37. The summed E-state index contributed by atoms with van der Waals surface area (Å²) < 4.78 is 10.9. The summed E-state index contributed by atoms with van der Waals surface area (Å²) in [4.78, 5) is 2.14. The van der Waals surface area contributed by atoms with Crippen molar-refractivity contribution in [2.24, 2.45) is 0 Å². The molecule has 118 valence electrons. The Morgan fingerprint density at radius 2 is 2.10 bits per heavy atom. The summed E-state index contributed by atoms with van der Waals surface area (Å²) in [7, 11) is 5.86. The van der Waals surface area contributed by atoms with E-state index in [2.05, 4.69) is 42.5 Å². The van der Waals surface area contributed by atoms with E-state index in [1.54, 1.807) is 7.11 Å². The lowest BCUT2D eigenvalue weighted by Crippen LogP contribution is -2.36. The predicted octanol–water partition coefficient (Wildman–Crippen LogP) is 1.72. The Morgan fingerprint density at radius 1 is 1.24 bits per heavy atom. The molecule has 0 aromatic heterocycles. The molecule has 0 amide bonds. The third-order valence-electron chi connectivity index (χ3n) is 4.00. The first-order chi connectivity index (χ1) is 10.2. The fraction of sp³-hybridized carbons (Fsp3) is 0.647. The van der Waals surface area contributed by atoms with Crippen LogP contribution in [0, 0.1) is 0 Å². The minimum absolute atomic E-state index is 0.557. The van der Waals surface area contributed by atoms with Gasteiger partial charge in [-0.2, -0.15) is 0 Å². The molecule has 0 saturated carbocycles. The molecular weight excluding hydrogens is 264 g/mol. The van der Waals surface area contributed by atoms with Crippen LogP contribution in [0.15, 0.2) is 18.2 Å². The van der Waals surface area contributed by atoms with Gasteiger partial charge in [-0.15, -0.1) is 0 Å². The van der Waals surface area contributed by atoms with E-state index in [1.165, 1.54) is 17.5 Å². The van der Waals surface area contributed by atoms with Crippen molar-refractivity contribution in [2.75, 3.05) is 47.5 Å². The van der Waals surface area contributed by atoms with E-state index >= 15 is 0 Å². The van der Waals surface area contributed by atoms with Crippen LogP contribution in [0.4, 0.5) is 0 Å². The number of hydrogen-bond acceptors (Lipinski definition) is 4. The van der Waals surface area contributed by atoms with Crippen molar-refractivity contribution in [3.05, 3.63) is 29.3 Å². The normalized spacial score (nSPS) is 17.8. The fourth-order valence-electron chi connectivity index (χ4n) is 2.72. The second-order valence-corrected chi connectivity index (χ2v) is 5.94. The number of rotatable bonds is 8. The zero-order chi connectivity index (χ0) is 15.1. The first-order valence-electron chi connectivity index (χ1n) is 7.80. The fourth-order valence-corrected chi connectivity index (χ4v) is 2.72. The third kappa shape index (κ3) is 5.30. The smallest absolute Gasteiger partial charge is 0.119 e. The van der Waals surface area contributed by atoms with Crippen LogP contribution in [0.25, 0.3) is 0 Å². The monoisotopic (exact) mass is 292 g/mol. The van der Waals surface area contributed by atoms with E-state index in [0.717, 1.165) is 44.9 Å². The van der Waals surface area contributed by atoms with Crippen LogP contribution in [0.1, 0.15) is 17.5 Å². The number of nitrogens with zero attached hydrogens (tertiary/aromatic N) is 1. The zero-order valence-electron chi connectivity index (χ0n) is 13.5. The van der Waals surface area contributed by atoms with Crippen LogP contribution in [0.2, 0.25) is 0 Å². The number of nitrogens with one attached hydrogen (secondary N) is 1. The molecule has 0 radical (unpaired) electrons. The molecule has 0 bridgehead atoms. The molecule has 1 aliphatic carbocycles. The lowest BCUT2D eigenvalue weighted by molar-refractivity contribution is 0.117. The van der Waals surface area contributed by atoms with Gasteiger partial charge in [0, 0.05) is 19.1 Å². The Kier molecular flexibility index (Phi) is 6.49. The minimum atomic E-state index is 0.557. The Morgan fingerprint density at radius 3 is 2.86 bits per heavy atom. The maximum atomic E-state index is 5.62. The van der Waals surface area contributed by atoms with Crippen molar-refractivity contribution >= 4 is 0 Å². The number of methoxy groups -OCH3 is 1. The van der Waals surface area contributed by atoms with Crippen molar-refractivity contribution in [3.8, 4) is 5.75 Å². The molecule has 4 heteroatoms. The van der Waals surface area contributed by atoms with Crippen LogP contribution >= 0.6 is 0 Å². The maximum Gasteiger partial charge on any atom is 0.119 e. The Bertz CT molecular complexity index is 435. The first-order valence-corrected chi connectivity index (χ1v) is 7.80. The predicted molar refractivity (Wildman–Crippen MR) is 86.2 cm³/mol. The Balaban J connectivity index is 1.69. The summed E-state index contributed by atoms with van der Waals surface area (Å²) in [6, 6.07) is 7.00. The van der Waals surface area contributed by atoms with Crippen LogP contribution < -0.4 is 10.1 Å². The van der Waals surface area contributed by atoms with Gasteiger partial charge in [0.1, 0.15) is 5.75 Å². The molecule has 0 saturated heterocycles. The van der Waals surface area contributed by atoms with Crippen molar-refractivity contribution < 1.29 is 9.47 Å². The van der Waals surface area contributed by atoms with Gasteiger partial charge >= 0.3 is 0 Å². The van der Waals surface area contributed by atoms with E-state index in [0.29, 0.717) is 6.04 Å². The highest BCUT2D eigenvalue weighted by molar-refractivity contribution is 5.37. The number of likely N-dealkylation sites (N-methyl/N-ethyl adjacent to an activating group) is 1. The molecule has 1 N–H and O–H groups in total. The van der Waals surface area contributed by atoms with Gasteiger partial charge in [-0.25, -0.2) is 0 Å². The summed E-state index contributed by atoms with van der Waals surface area (Å²) >= 11 is 0. The molecule has 2 rings (SSSR count). The summed E-state index contributed by atoms with van der Waals surface area (Å²) in [5.41, 5.74) is 2.89. The van der Waals surface area contributed by atoms with Gasteiger partial charge in [0.25, 0.3) is 0 Å². The highest BCUT2D eigenvalue weighted by Gasteiger charge is 2.18. The molecule has 1 unspecified atom stereocenters. The lowest BCUT2D eigenvalue weighted by atomic mass is 9.88. The summed E-state index contributed by atoms with van der Waals surface area (Å²) in [5.74, 6) is 0.960. The van der Waals surface area contributed by atoms with Crippen LogP contribution in [-0.2, 0) is 17.6 Å². The molecule has 1 atom stereocenters. The quantitative estimate of drug-likeness (QED) is 0.740. The van der Waals surface area contributed by atoms with Gasteiger partial charge in [0.15, 0.2) is 0 Å². The van der Waals surface area contributed by atoms with E-state index < -0.39 is 0 Å². The topological polar surface area (TPSA) is 33.7 Å². The van der Waals surface area contributed by atoms with E-state index in [9.17, 15) is 0 Å². The summed E-state index contributed by atoms with van der Waals surface area (Å²) in [5, 5.41) is 3.61. The molecule has 1 aromatic carbocycles. The average molecular weight is 292 g/mol. The lowest BCUT2D eigenvalue weighted by Gasteiger charge is -2.26. The largest absolute Gasteiger partial charge is 0.497 e. The minimum Gasteiger partial charge on any atom is -0.497 e. The summed E-state index contributed by atoms with van der Waals surface area (Å²) in [6.45, 7) is 3.50.